The van der Waals surface area contributed by atoms with Gasteiger partial charge in [0.05, 0.1) is 18.3 Å². The van der Waals surface area contributed by atoms with Gasteiger partial charge in [-0.1, -0.05) is 13.0 Å². The van der Waals surface area contributed by atoms with Gasteiger partial charge < -0.3 is 9.84 Å². The molecule has 0 spiro atoms. The molecule has 0 aliphatic carbocycles. The average Bonchev–Trinajstić information content (AvgIpc) is 2.05. The van der Waals surface area contributed by atoms with Crippen LogP contribution in [-0.2, 0) is 4.74 Å². The van der Waals surface area contributed by atoms with Gasteiger partial charge in [-0.3, -0.25) is 0 Å². The van der Waals surface area contributed by atoms with Crippen molar-refractivity contribution in [1.29, 1.82) is 0 Å². The van der Waals surface area contributed by atoms with Crippen molar-refractivity contribution in [2.45, 2.75) is 51.9 Å². The standard InChI is InChI=1S/C10H18O2/c1-4-9-7(2)5-6-10(12-9)8(3)11/h5,8-11H,4,6H2,1-3H3/t8-,9+,10+/m0/s1. The molecule has 1 N–H and O–H groups in total. The largest absolute Gasteiger partial charge is 0.391 e. The first kappa shape index (κ1) is 9.75. The third-order valence-electron chi connectivity index (χ3n) is 2.43. The summed E-state index contributed by atoms with van der Waals surface area (Å²) >= 11 is 0. The molecular weight excluding hydrogens is 152 g/mol. The van der Waals surface area contributed by atoms with E-state index in [9.17, 15) is 5.11 Å². The summed E-state index contributed by atoms with van der Waals surface area (Å²) in [7, 11) is 0. The van der Waals surface area contributed by atoms with E-state index in [1.165, 1.54) is 5.57 Å². The van der Waals surface area contributed by atoms with Crippen LogP contribution in [0.4, 0.5) is 0 Å². The van der Waals surface area contributed by atoms with Crippen molar-refractivity contribution in [2.24, 2.45) is 0 Å². The lowest BCUT2D eigenvalue weighted by molar-refractivity contribution is -0.0645. The van der Waals surface area contributed by atoms with E-state index in [1.54, 1.807) is 6.92 Å². The quantitative estimate of drug-likeness (QED) is 0.641. The van der Waals surface area contributed by atoms with Gasteiger partial charge in [0.2, 0.25) is 0 Å². The molecule has 0 aromatic rings. The van der Waals surface area contributed by atoms with Crippen LogP contribution >= 0.6 is 0 Å². The Kier molecular flexibility index (Phi) is 3.29. The fourth-order valence-corrected chi connectivity index (χ4v) is 1.54. The smallest absolute Gasteiger partial charge is 0.0873 e. The van der Waals surface area contributed by atoms with E-state index in [-0.39, 0.29) is 18.3 Å². The number of ether oxygens (including phenoxy) is 1. The second-order valence-corrected chi connectivity index (χ2v) is 3.50. The average molecular weight is 170 g/mol. The first-order valence-electron chi connectivity index (χ1n) is 4.65. The molecule has 1 aliphatic heterocycles. The maximum absolute atomic E-state index is 9.32. The summed E-state index contributed by atoms with van der Waals surface area (Å²) in [5.74, 6) is 0. The van der Waals surface area contributed by atoms with Gasteiger partial charge in [0.25, 0.3) is 0 Å². The van der Waals surface area contributed by atoms with E-state index in [0.29, 0.717) is 0 Å². The third kappa shape index (κ3) is 2.08. The molecule has 1 aliphatic rings. The predicted octanol–water partition coefficient (Wildman–Crippen LogP) is 1.88. The molecule has 0 saturated carbocycles. The highest BCUT2D eigenvalue weighted by molar-refractivity contribution is 5.09. The van der Waals surface area contributed by atoms with Gasteiger partial charge in [-0.25, -0.2) is 0 Å². The van der Waals surface area contributed by atoms with Gasteiger partial charge >= 0.3 is 0 Å². The lowest BCUT2D eigenvalue weighted by Crippen LogP contribution is -2.34. The lowest BCUT2D eigenvalue weighted by atomic mass is 10.0. The van der Waals surface area contributed by atoms with Crippen molar-refractivity contribution in [3.63, 3.8) is 0 Å². The molecule has 12 heavy (non-hydrogen) atoms. The predicted molar refractivity (Wildman–Crippen MR) is 49.0 cm³/mol. The summed E-state index contributed by atoms with van der Waals surface area (Å²) in [6.45, 7) is 5.98. The van der Waals surface area contributed by atoms with Gasteiger partial charge in [-0.2, -0.15) is 0 Å². The van der Waals surface area contributed by atoms with Crippen molar-refractivity contribution in [3.05, 3.63) is 11.6 Å². The topological polar surface area (TPSA) is 29.5 Å². The molecule has 0 radical (unpaired) electrons. The van der Waals surface area contributed by atoms with E-state index in [0.717, 1.165) is 12.8 Å². The minimum Gasteiger partial charge on any atom is -0.391 e. The van der Waals surface area contributed by atoms with E-state index >= 15 is 0 Å². The van der Waals surface area contributed by atoms with Gasteiger partial charge in [0, 0.05) is 0 Å². The number of rotatable bonds is 2. The highest BCUT2D eigenvalue weighted by Gasteiger charge is 2.23. The second kappa shape index (κ2) is 4.06. The Labute approximate surface area is 74.2 Å². The summed E-state index contributed by atoms with van der Waals surface area (Å²) in [5.41, 5.74) is 1.30. The number of hydrogen-bond acceptors (Lipinski definition) is 2. The molecular formula is C10H18O2. The molecule has 0 aromatic carbocycles. The summed E-state index contributed by atoms with van der Waals surface area (Å²) in [5, 5.41) is 9.32. The van der Waals surface area contributed by atoms with Crippen molar-refractivity contribution in [3.8, 4) is 0 Å². The van der Waals surface area contributed by atoms with Gasteiger partial charge in [-0.15, -0.1) is 0 Å². The zero-order valence-corrected chi connectivity index (χ0v) is 8.08. The van der Waals surface area contributed by atoms with Crippen LogP contribution in [0.3, 0.4) is 0 Å². The van der Waals surface area contributed by atoms with E-state index in [1.807, 2.05) is 0 Å². The summed E-state index contributed by atoms with van der Waals surface area (Å²) in [6, 6.07) is 0. The molecule has 2 heteroatoms. The number of aliphatic hydroxyl groups excluding tert-OH is 1. The monoisotopic (exact) mass is 170 g/mol. The van der Waals surface area contributed by atoms with Crippen LogP contribution in [0.5, 0.6) is 0 Å². The Balaban J connectivity index is 2.58. The Bertz CT molecular complexity index is 173. The first-order valence-corrected chi connectivity index (χ1v) is 4.65. The maximum Gasteiger partial charge on any atom is 0.0873 e. The SMILES string of the molecule is CC[C@H]1O[C@@H]([C@H](C)O)CC=C1C. The minimum atomic E-state index is -0.358. The fraction of sp³-hybridized carbons (Fsp3) is 0.800. The molecule has 2 nitrogen and oxygen atoms in total. The van der Waals surface area contributed by atoms with Crippen molar-refractivity contribution < 1.29 is 9.84 Å². The molecule has 0 unspecified atom stereocenters. The van der Waals surface area contributed by atoms with E-state index in [2.05, 4.69) is 19.9 Å². The first-order chi connectivity index (χ1) is 5.65. The Morgan fingerprint density at radius 3 is 2.92 bits per heavy atom. The second-order valence-electron chi connectivity index (χ2n) is 3.50. The van der Waals surface area contributed by atoms with Crippen LogP contribution in [0.2, 0.25) is 0 Å². The van der Waals surface area contributed by atoms with Crippen LogP contribution in [-0.4, -0.2) is 23.4 Å². The molecule has 1 heterocycles. The van der Waals surface area contributed by atoms with Gasteiger partial charge in [-0.05, 0) is 32.3 Å². The fourth-order valence-electron chi connectivity index (χ4n) is 1.54. The number of aliphatic hydroxyl groups is 1. The van der Waals surface area contributed by atoms with Crippen molar-refractivity contribution >= 4 is 0 Å². The molecule has 0 fully saturated rings. The molecule has 0 bridgehead atoms. The maximum atomic E-state index is 9.32. The van der Waals surface area contributed by atoms with Crippen LogP contribution in [0, 0.1) is 0 Å². The van der Waals surface area contributed by atoms with Crippen LogP contribution in [0.15, 0.2) is 11.6 Å². The van der Waals surface area contributed by atoms with Crippen LogP contribution in [0.25, 0.3) is 0 Å². The molecule has 1 rings (SSSR count). The highest BCUT2D eigenvalue weighted by atomic mass is 16.5. The summed E-state index contributed by atoms with van der Waals surface area (Å²) < 4.78 is 5.69. The third-order valence-corrected chi connectivity index (χ3v) is 2.43. The van der Waals surface area contributed by atoms with E-state index in [4.69, 9.17) is 4.74 Å². The highest BCUT2D eigenvalue weighted by Crippen LogP contribution is 2.22. The van der Waals surface area contributed by atoms with Crippen molar-refractivity contribution in [2.75, 3.05) is 0 Å². The zero-order valence-electron chi connectivity index (χ0n) is 8.08. The van der Waals surface area contributed by atoms with Crippen LogP contribution in [0.1, 0.15) is 33.6 Å². The van der Waals surface area contributed by atoms with Gasteiger partial charge in [0.15, 0.2) is 0 Å². The van der Waals surface area contributed by atoms with Gasteiger partial charge in [0.1, 0.15) is 0 Å². The minimum absolute atomic E-state index is 0.00125. The molecule has 70 valence electrons. The molecule has 3 atom stereocenters. The normalized spacial score (nSPS) is 32.8. The zero-order chi connectivity index (χ0) is 9.14. The molecule has 0 saturated heterocycles. The summed E-state index contributed by atoms with van der Waals surface area (Å²) in [6.07, 6.45) is 3.88. The Morgan fingerprint density at radius 1 is 1.75 bits per heavy atom. The lowest BCUT2D eigenvalue weighted by Gasteiger charge is -2.30. The molecule has 0 aromatic heterocycles. The number of hydrogen-bond donors (Lipinski definition) is 1. The Morgan fingerprint density at radius 2 is 2.42 bits per heavy atom. The summed E-state index contributed by atoms with van der Waals surface area (Å²) in [4.78, 5) is 0. The van der Waals surface area contributed by atoms with Crippen molar-refractivity contribution in [1.82, 2.24) is 0 Å². The van der Waals surface area contributed by atoms with E-state index < -0.39 is 0 Å². The molecule has 0 amide bonds. The Hall–Kier alpha value is -0.340. The van der Waals surface area contributed by atoms with Crippen LogP contribution < -0.4 is 0 Å².